The maximum atomic E-state index is 14.5. The number of hydrogen-bond donors (Lipinski definition) is 2. The summed E-state index contributed by atoms with van der Waals surface area (Å²) in [5.41, 5.74) is 5.04. The van der Waals surface area contributed by atoms with Crippen LogP contribution in [0.15, 0.2) is 60.7 Å². The highest BCUT2D eigenvalue weighted by molar-refractivity contribution is 6.00. The molecule has 1 aromatic heterocycles. The van der Waals surface area contributed by atoms with Crippen LogP contribution in [-0.2, 0) is 12.8 Å². The van der Waals surface area contributed by atoms with Gasteiger partial charge in [0, 0.05) is 42.8 Å². The number of nitrogens with zero attached hydrogens (tertiary/aromatic N) is 2. The molecule has 214 valence electrons. The van der Waals surface area contributed by atoms with Gasteiger partial charge in [0.1, 0.15) is 11.6 Å². The summed E-state index contributed by atoms with van der Waals surface area (Å²) in [5, 5.41) is 6.82. The maximum Gasteiger partial charge on any atom is 0.319 e. The van der Waals surface area contributed by atoms with Crippen LogP contribution in [0, 0.1) is 18.6 Å². The molecule has 0 fully saturated rings. The lowest BCUT2D eigenvalue weighted by molar-refractivity contribution is 0.175. The van der Waals surface area contributed by atoms with Crippen molar-refractivity contribution in [1.29, 1.82) is 0 Å². The van der Waals surface area contributed by atoms with Gasteiger partial charge >= 0.3 is 6.03 Å². The van der Waals surface area contributed by atoms with Gasteiger partial charge in [-0.25, -0.2) is 13.6 Å². The number of aryl methyl sites for hydroxylation is 2. The van der Waals surface area contributed by atoms with Gasteiger partial charge < -0.3 is 20.1 Å². The zero-order chi connectivity index (χ0) is 28.9. The van der Waals surface area contributed by atoms with Gasteiger partial charge in [-0.1, -0.05) is 24.3 Å². The molecule has 3 aromatic carbocycles. The Labute approximate surface area is 238 Å². The molecule has 0 radical (unpaired) electrons. The Balaban J connectivity index is 1.30. The van der Waals surface area contributed by atoms with E-state index in [2.05, 4.69) is 20.5 Å². The Bertz CT molecular complexity index is 1560. The van der Waals surface area contributed by atoms with Crippen molar-refractivity contribution in [3.8, 4) is 11.5 Å². The average Bonchev–Trinajstić information content (AvgIpc) is 2.96. The molecule has 0 spiro atoms. The Morgan fingerprint density at radius 2 is 1.83 bits per heavy atom. The first kappa shape index (κ1) is 28.3. The fraction of sp³-hybridized carbons (Fsp3) is 0.312. The number of benzene rings is 3. The van der Waals surface area contributed by atoms with E-state index in [4.69, 9.17) is 9.47 Å². The van der Waals surface area contributed by atoms with Crippen molar-refractivity contribution in [2.24, 2.45) is 0 Å². The number of ether oxygens (including phenoxy) is 2. The van der Waals surface area contributed by atoms with Crippen LogP contribution in [0.3, 0.4) is 0 Å². The topological polar surface area (TPSA) is 75.7 Å². The van der Waals surface area contributed by atoms with Crippen molar-refractivity contribution in [2.75, 3.05) is 39.2 Å². The number of rotatable bonds is 9. The zero-order valence-electron chi connectivity index (χ0n) is 23.5. The van der Waals surface area contributed by atoms with Crippen LogP contribution in [0.1, 0.15) is 34.8 Å². The molecule has 2 amide bonds. The average molecular weight is 561 g/mol. The first-order valence-electron chi connectivity index (χ1n) is 13.7. The van der Waals surface area contributed by atoms with E-state index in [1.807, 2.05) is 49.4 Å². The summed E-state index contributed by atoms with van der Waals surface area (Å²) in [4.78, 5) is 19.7. The number of hydrogen-bond acceptors (Lipinski definition) is 5. The fourth-order valence-electron chi connectivity index (χ4n) is 5.59. The molecule has 9 heteroatoms. The van der Waals surface area contributed by atoms with Crippen molar-refractivity contribution >= 4 is 22.6 Å². The summed E-state index contributed by atoms with van der Waals surface area (Å²) in [6, 6.07) is 16.9. The Morgan fingerprint density at radius 3 is 2.61 bits per heavy atom. The number of anilines is 1. The normalized spacial score (nSPS) is 14.9. The van der Waals surface area contributed by atoms with Crippen molar-refractivity contribution in [1.82, 2.24) is 15.2 Å². The Kier molecular flexibility index (Phi) is 8.64. The molecule has 0 saturated heterocycles. The van der Waals surface area contributed by atoms with Crippen LogP contribution in [-0.4, -0.2) is 49.8 Å². The summed E-state index contributed by atoms with van der Waals surface area (Å²) < 4.78 is 39.0. The molecule has 2 heterocycles. The molecule has 2 N–H and O–H groups in total. The minimum atomic E-state index is -0.591. The van der Waals surface area contributed by atoms with E-state index >= 15 is 0 Å². The quantitative estimate of drug-likeness (QED) is 0.255. The lowest BCUT2D eigenvalue weighted by atomic mass is 9.88. The number of para-hydroxylation sites is 1. The summed E-state index contributed by atoms with van der Waals surface area (Å²) in [5.74, 6) is 0.160. The minimum Gasteiger partial charge on any atom is -0.493 e. The molecule has 0 bridgehead atoms. The molecular formula is C32H34F2N4O3. The summed E-state index contributed by atoms with van der Waals surface area (Å²) in [6.45, 7) is 3.66. The summed E-state index contributed by atoms with van der Waals surface area (Å²) in [6.07, 6.45) is 1.84. The van der Waals surface area contributed by atoms with Gasteiger partial charge in [0.05, 0.1) is 25.4 Å². The lowest BCUT2D eigenvalue weighted by Crippen LogP contribution is -2.42. The standard InChI is InChI=1S/C32H34F2N4O3/c1-20-16-28(24-6-4-5-7-27(24)36-20)37-32(39)35-13-15-38-14-12-22-17-30(40-2)31(41-3)19-25(22)29(38)11-9-21-8-10-23(33)18-26(21)34/h4-8,10,16-19,29H,9,11-15H2,1-3H3,(H2,35,36,37,39). The number of fused-ring (bicyclic) bond motifs is 2. The molecule has 5 rings (SSSR count). The number of pyridine rings is 1. The number of nitrogens with one attached hydrogen (secondary N) is 2. The number of methoxy groups -OCH3 is 2. The highest BCUT2D eigenvalue weighted by Crippen LogP contribution is 2.40. The van der Waals surface area contributed by atoms with Crippen molar-refractivity contribution in [3.05, 3.63) is 94.7 Å². The van der Waals surface area contributed by atoms with Crippen LogP contribution in [0.2, 0.25) is 0 Å². The molecular weight excluding hydrogens is 526 g/mol. The largest absolute Gasteiger partial charge is 0.493 e. The SMILES string of the molecule is COc1cc2c(cc1OC)C(CCc1ccc(F)cc1F)N(CCNC(=O)Nc1cc(C)nc3ccccc13)CC2. The molecule has 4 aromatic rings. The third-order valence-electron chi connectivity index (χ3n) is 7.59. The fourth-order valence-corrected chi connectivity index (χ4v) is 5.59. The van der Waals surface area contributed by atoms with Crippen LogP contribution in [0.5, 0.6) is 11.5 Å². The van der Waals surface area contributed by atoms with Crippen LogP contribution in [0.4, 0.5) is 19.3 Å². The van der Waals surface area contributed by atoms with Gasteiger partial charge in [0.2, 0.25) is 0 Å². The first-order chi connectivity index (χ1) is 19.9. The van der Waals surface area contributed by atoms with Crippen molar-refractivity contribution in [2.45, 2.75) is 32.2 Å². The van der Waals surface area contributed by atoms with E-state index in [9.17, 15) is 13.6 Å². The summed E-state index contributed by atoms with van der Waals surface area (Å²) >= 11 is 0. The highest BCUT2D eigenvalue weighted by Gasteiger charge is 2.29. The molecule has 1 aliphatic heterocycles. The third kappa shape index (κ3) is 6.41. The van der Waals surface area contributed by atoms with Crippen LogP contribution in [0.25, 0.3) is 10.9 Å². The molecule has 7 nitrogen and oxygen atoms in total. The van der Waals surface area contributed by atoms with Gasteiger partial charge in [0.15, 0.2) is 11.5 Å². The van der Waals surface area contributed by atoms with E-state index in [1.54, 1.807) is 14.2 Å². The Morgan fingerprint density at radius 1 is 1.05 bits per heavy atom. The maximum absolute atomic E-state index is 14.5. The number of halogens is 2. The third-order valence-corrected chi connectivity index (χ3v) is 7.59. The second-order valence-corrected chi connectivity index (χ2v) is 10.2. The smallest absolute Gasteiger partial charge is 0.319 e. The highest BCUT2D eigenvalue weighted by atomic mass is 19.1. The van der Waals surface area contributed by atoms with Gasteiger partial charge in [-0.3, -0.25) is 9.88 Å². The number of carbonyl (C=O) groups is 1. The number of amides is 2. The predicted octanol–water partition coefficient (Wildman–Crippen LogP) is 6.19. The van der Waals surface area contributed by atoms with E-state index in [0.29, 0.717) is 48.7 Å². The molecule has 0 saturated carbocycles. The molecule has 1 unspecified atom stereocenters. The minimum absolute atomic E-state index is 0.0559. The number of aromatic nitrogens is 1. The zero-order valence-corrected chi connectivity index (χ0v) is 23.5. The molecule has 41 heavy (non-hydrogen) atoms. The second-order valence-electron chi connectivity index (χ2n) is 10.2. The van der Waals surface area contributed by atoms with E-state index in [0.717, 1.165) is 46.8 Å². The van der Waals surface area contributed by atoms with Gasteiger partial charge in [0.25, 0.3) is 0 Å². The van der Waals surface area contributed by atoms with E-state index in [-0.39, 0.29) is 12.1 Å². The van der Waals surface area contributed by atoms with Crippen molar-refractivity contribution < 1.29 is 23.0 Å². The van der Waals surface area contributed by atoms with E-state index in [1.165, 1.54) is 12.1 Å². The first-order valence-corrected chi connectivity index (χ1v) is 13.7. The number of urea groups is 1. The predicted molar refractivity (Wildman–Crippen MR) is 156 cm³/mol. The van der Waals surface area contributed by atoms with Crippen molar-refractivity contribution in [3.63, 3.8) is 0 Å². The van der Waals surface area contributed by atoms with Gasteiger partial charge in [-0.05, 0) is 73.2 Å². The van der Waals surface area contributed by atoms with Gasteiger partial charge in [-0.2, -0.15) is 0 Å². The second kappa shape index (κ2) is 12.5. The lowest BCUT2D eigenvalue weighted by Gasteiger charge is -2.38. The monoisotopic (exact) mass is 560 g/mol. The molecule has 1 aliphatic rings. The molecule has 0 aliphatic carbocycles. The van der Waals surface area contributed by atoms with Crippen LogP contribution >= 0.6 is 0 Å². The van der Waals surface area contributed by atoms with Gasteiger partial charge in [-0.15, -0.1) is 0 Å². The van der Waals surface area contributed by atoms with E-state index < -0.39 is 11.6 Å². The summed E-state index contributed by atoms with van der Waals surface area (Å²) in [7, 11) is 3.21. The van der Waals surface area contributed by atoms with Crippen LogP contribution < -0.4 is 20.1 Å². The molecule has 1 atom stereocenters. The Hall–Kier alpha value is -4.24. The number of carbonyl (C=O) groups excluding carboxylic acids is 1.